The van der Waals surface area contributed by atoms with E-state index in [-0.39, 0.29) is 31.1 Å². The lowest BCUT2D eigenvalue weighted by molar-refractivity contribution is -0.167. The van der Waals surface area contributed by atoms with Crippen LogP contribution in [-0.2, 0) is 28.6 Å². The van der Waals surface area contributed by atoms with Crippen LogP contribution in [-0.4, -0.2) is 37.2 Å². The number of ether oxygens (including phenoxy) is 3. The number of rotatable bonds is 53. The minimum Gasteiger partial charge on any atom is -0.462 e. The van der Waals surface area contributed by atoms with E-state index in [0.29, 0.717) is 19.3 Å². The summed E-state index contributed by atoms with van der Waals surface area (Å²) in [6.45, 7) is 6.60. The van der Waals surface area contributed by atoms with E-state index in [1.807, 2.05) is 0 Å². The molecule has 0 rings (SSSR count). The van der Waals surface area contributed by atoms with Crippen LogP contribution in [0.15, 0.2) is 24.3 Å². The largest absolute Gasteiger partial charge is 0.462 e. The summed E-state index contributed by atoms with van der Waals surface area (Å²) in [5.41, 5.74) is 0. The maximum absolute atomic E-state index is 12.8. The van der Waals surface area contributed by atoms with Gasteiger partial charge in [-0.3, -0.25) is 14.4 Å². The molecule has 0 amide bonds. The first-order valence-electron chi connectivity index (χ1n) is 28.8. The molecule has 65 heavy (non-hydrogen) atoms. The molecule has 1 atom stereocenters. The van der Waals surface area contributed by atoms with Crippen LogP contribution in [0, 0.1) is 0 Å². The molecule has 0 aromatic carbocycles. The summed E-state index contributed by atoms with van der Waals surface area (Å²) in [7, 11) is 0. The van der Waals surface area contributed by atoms with E-state index < -0.39 is 6.10 Å². The Morgan fingerprint density at radius 3 is 0.846 bits per heavy atom. The lowest BCUT2D eigenvalue weighted by Gasteiger charge is -2.18. The zero-order chi connectivity index (χ0) is 47.2. The van der Waals surface area contributed by atoms with Gasteiger partial charge < -0.3 is 14.2 Å². The molecule has 0 bridgehead atoms. The first-order chi connectivity index (χ1) is 32.0. The fraction of sp³-hybridized carbons (Fsp3) is 0.881. The first-order valence-corrected chi connectivity index (χ1v) is 28.8. The van der Waals surface area contributed by atoms with Gasteiger partial charge in [0.2, 0.25) is 0 Å². The van der Waals surface area contributed by atoms with Crippen LogP contribution in [0.3, 0.4) is 0 Å². The molecule has 0 heterocycles. The van der Waals surface area contributed by atoms with E-state index in [0.717, 1.165) is 70.6 Å². The number of carbonyl (C=O) groups is 3. The number of hydrogen-bond donors (Lipinski definition) is 0. The van der Waals surface area contributed by atoms with E-state index in [9.17, 15) is 14.4 Å². The molecule has 0 aliphatic heterocycles. The third-order valence-corrected chi connectivity index (χ3v) is 12.9. The Bertz CT molecular complexity index is 1050. The van der Waals surface area contributed by atoms with Gasteiger partial charge in [-0.25, -0.2) is 0 Å². The molecule has 0 aromatic heterocycles. The summed E-state index contributed by atoms with van der Waals surface area (Å²) in [5, 5.41) is 0. The van der Waals surface area contributed by atoms with Crippen LogP contribution in [0.4, 0.5) is 0 Å². The molecular weight excluding hydrogens is 805 g/mol. The molecule has 0 aromatic rings. The number of allylic oxidation sites excluding steroid dienone is 4. The summed E-state index contributed by atoms with van der Waals surface area (Å²) in [6, 6.07) is 0. The van der Waals surface area contributed by atoms with Gasteiger partial charge in [0, 0.05) is 19.3 Å². The van der Waals surface area contributed by atoms with Gasteiger partial charge in [0.25, 0.3) is 0 Å². The Morgan fingerprint density at radius 1 is 0.292 bits per heavy atom. The quantitative estimate of drug-likeness (QED) is 0.0262. The monoisotopic (exact) mass is 915 g/mol. The van der Waals surface area contributed by atoms with E-state index >= 15 is 0 Å². The Morgan fingerprint density at radius 2 is 0.523 bits per heavy atom. The van der Waals surface area contributed by atoms with Gasteiger partial charge in [-0.1, -0.05) is 257 Å². The molecule has 0 aliphatic carbocycles. The topological polar surface area (TPSA) is 78.9 Å². The number of carbonyl (C=O) groups excluding carboxylic acids is 3. The summed E-state index contributed by atoms with van der Waals surface area (Å²) in [4.78, 5) is 38.0. The molecular formula is C59H110O6. The van der Waals surface area contributed by atoms with Crippen LogP contribution < -0.4 is 0 Å². The maximum Gasteiger partial charge on any atom is 0.306 e. The van der Waals surface area contributed by atoms with Crippen molar-refractivity contribution < 1.29 is 28.6 Å². The van der Waals surface area contributed by atoms with Crippen LogP contribution in [0.25, 0.3) is 0 Å². The van der Waals surface area contributed by atoms with Crippen molar-refractivity contribution in [2.45, 2.75) is 322 Å². The highest BCUT2D eigenvalue weighted by atomic mass is 16.6. The molecule has 1 unspecified atom stereocenters. The zero-order valence-electron chi connectivity index (χ0n) is 43.8. The highest BCUT2D eigenvalue weighted by molar-refractivity contribution is 5.71. The summed E-state index contributed by atoms with van der Waals surface area (Å²) in [5.74, 6) is -0.877. The normalized spacial score (nSPS) is 12.1. The van der Waals surface area contributed by atoms with Crippen molar-refractivity contribution in [1.82, 2.24) is 0 Å². The van der Waals surface area contributed by atoms with Crippen molar-refractivity contribution >= 4 is 17.9 Å². The van der Waals surface area contributed by atoms with Crippen molar-refractivity contribution in [3.8, 4) is 0 Å². The van der Waals surface area contributed by atoms with Crippen molar-refractivity contribution in [1.29, 1.82) is 0 Å². The van der Waals surface area contributed by atoms with Gasteiger partial charge in [0.05, 0.1) is 0 Å². The molecule has 6 nitrogen and oxygen atoms in total. The summed E-state index contributed by atoms with van der Waals surface area (Å²) >= 11 is 0. The van der Waals surface area contributed by atoms with Crippen LogP contribution in [0.5, 0.6) is 0 Å². The SMILES string of the molecule is CCCC/C=C\CCCCCCCC(=O)OCC(COC(=O)CCCCCCCCCCCCCCCCCCCCCCCCCC)OC(=O)CCCCCCC/C=C\CCCCC. The minimum atomic E-state index is -0.774. The second kappa shape index (κ2) is 54.5. The fourth-order valence-corrected chi connectivity index (χ4v) is 8.54. The highest BCUT2D eigenvalue weighted by Crippen LogP contribution is 2.17. The number of unbranched alkanes of at least 4 members (excludes halogenated alkanes) is 38. The van der Waals surface area contributed by atoms with Crippen LogP contribution in [0.2, 0.25) is 0 Å². The third-order valence-electron chi connectivity index (χ3n) is 12.9. The Hall–Kier alpha value is -2.11. The number of esters is 3. The lowest BCUT2D eigenvalue weighted by Crippen LogP contribution is -2.30. The highest BCUT2D eigenvalue weighted by Gasteiger charge is 2.19. The van der Waals surface area contributed by atoms with Gasteiger partial charge in [-0.2, -0.15) is 0 Å². The molecule has 0 fully saturated rings. The van der Waals surface area contributed by atoms with Gasteiger partial charge in [-0.05, 0) is 64.2 Å². The van der Waals surface area contributed by atoms with Gasteiger partial charge in [0.1, 0.15) is 13.2 Å². The second-order valence-electron chi connectivity index (χ2n) is 19.6. The number of hydrogen-bond acceptors (Lipinski definition) is 6. The predicted octanol–water partition coefficient (Wildman–Crippen LogP) is 19.1. The van der Waals surface area contributed by atoms with E-state index in [4.69, 9.17) is 14.2 Å². The van der Waals surface area contributed by atoms with E-state index in [1.54, 1.807) is 0 Å². The smallest absolute Gasteiger partial charge is 0.306 e. The zero-order valence-corrected chi connectivity index (χ0v) is 43.8. The Balaban J connectivity index is 4.16. The minimum absolute atomic E-state index is 0.0733. The Labute approximate surface area is 404 Å². The molecule has 382 valence electrons. The maximum atomic E-state index is 12.8. The molecule has 0 spiro atoms. The van der Waals surface area contributed by atoms with Crippen molar-refractivity contribution in [3.63, 3.8) is 0 Å². The molecule has 0 N–H and O–H groups in total. The molecule has 6 heteroatoms. The van der Waals surface area contributed by atoms with Crippen molar-refractivity contribution in [3.05, 3.63) is 24.3 Å². The summed E-state index contributed by atoms with van der Waals surface area (Å²) in [6.07, 6.45) is 63.3. The Kier molecular flexibility index (Phi) is 52.7. The van der Waals surface area contributed by atoms with Crippen LogP contribution >= 0.6 is 0 Å². The van der Waals surface area contributed by atoms with E-state index in [2.05, 4.69) is 45.1 Å². The van der Waals surface area contributed by atoms with Crippen LogP contribution in [0.1, 0.15) is 316 Å². The van der Waals surface area contributed by atoms with Crippen molar-refractivity contribution in [2.24, 2.45) is 0 Å². The average Bonchev–Trinajstić information content (AvgIpc) is 3.30. The first kappa shape index (κ1) is 62.9. The average molecular weight is 916 g/mol. The fourth-order valence-electron chi connectivity index (χ4n) is 8.54. The second-order valence-corrected chi connectivity index (χ2v) is 19.6. The van der Waals surface area contributed by atoms with Gasteiger partial charge >= 0.3 is 17.9 Å². The molecule has 0 saturated carbocycles. The van der Waals surface area contributed by atoms with E-state index in [1.165, 1.54) is 205 Å². The standard InChI is InChI=1S/C59H110O6/c1-4-7-10-13-16-19-22-24-25-26-27-28-29-30-31-32-33-34-35-38-40-43-46-49-52-58(61)64-55-56(54-63-57(60)51-48-45-42-39-36-21-18-15-12-9-6-3)65-59(62)53-50-47-44-41-37-23-20-17-14-11-8-5-2/h15,17-18,20,56H,4-14,16,19,21-55H2,1-3H3/b18-15-,20-17-. The molecule has 0 saturated heterocycles. The molecule has 0 aliphatic rings. The van der Waals surface area contributed by atoms with Gasteiger partial charge in [-0.15, -0.1) is 0 Å². The third kappa shape index (κ3) is 52.7. The lowest BCUT2D eigenvalue weighted by atomic mass is 10.0. The summed E-state index contributed by atoms with van der Waals surface area (Å²) < 4.78 is 16.8. The predicted molar refractivity (Wildman–Crippen MR) is 279 cm³/mol. The van der Waals surface area contributed by atoms with Gasteiger partial charge in [0.15, 0.2) is 6.10 Å². The van der Waals surface area contributed by atoms with Crippen molar-refractivity contribution in [2.75, 3.05) is 13.2 Å². The molecule has 0 radical (unpaired) electrons.